The third-order valence-electron chi connectivity index (χ3n) is 5.01. The first-order valence-corrected chi connectivity index (χ1v) is 10.1. The summed E-state index contributed by atoms with van der Waals surface area (Å²) in [6.45, 7) is 2.05. The second kappa shape index (κ2) is 7.77. The average molecular weight is 432 g/mol. The van der Waals surface area contributed by atoms with E-state index in [0.717, 1.165) is 16.8 Å². The smallest absolute Gasteiger partial charge is 0.293 e. The Kier molecular flexibility index (Phi) is 4.80. The van der Waals surface area contributed by atoms with Crippen molar-refractivity contribution in [3.63, 3.8) is 0 Å². The lowest BCUT2D eigenvalue weighted by Gasteiger charge is -2.24. The van der Waals surface area contributed by atoms with Gasteiger partial charge in [0.15, 0.2) is 5.76 Å². The molecule has 0 fully saturated rings. The van der Waals surface area contributed by atoms with Crippen LogP contribution in [-0.4, -0.2) is 20.7 Å². The van der Waals surface area contributed by atoms with Crippen molar-refractivity contribution in [1.82, 2.24) is 14.8 Å². The topological polar surface area (TPSA) is 85.0 Å². The summed E-state index contributed by atoms with van der Waals surface area (Å²) in [7, 11) is 0. The molecule has 4 aromatic rings. The number of halogens is 1. The molecule has 0 saturated heterocycles. The van der Waals surface area contributed by atoms with Gasteiger partial charge in [0.05, 0.1) is 6.26 Å². The molecule has 1 aliphatic heterocycles. The van der Waals surface area contributed by atoms with Gasteiger partial charge in [0.1, 0.15) is 6.04 Å². The lowest BCUT2D eigenvalue weighted by molar-refractivity contribution is 0.0996. The Morgan fingerprint density at radius 1 is 1.13 bits per heavy atom. The molecule has 0 bridgehead atoms. The number of carbonyl (C=O) groups excluding carboxylic acids is 1. The molecule has 2 N–H and O–H groups in total. The van der Waals surface area contributed by atoms with Gasteiger partial charge in [0.25, 0.3) is 11.9 Å². The third-order valence-corrected chi connectivity index (χ3v) is 5.26. The third kappa shape index (κ3) is 3.83. The molecule has 8 heteroatoms. The first-order valence-electron chi connectivity index (χ1n) is 9.69. The van der Waals surface area contributed by atoms with E-state index in [1.165, 1.54) is 11.8 Å². The number of rotatable bonds is 4. The minimum absolute atomic E-state index is 0.187. The second-order valence-corrected chi connectivity index (χ2v) is 7.64. The molecule has 5 rings (SSSR count). The zero-order valence-electron chi connectivity index (χ0n) is 16.5. The number of fused-ring (bicyclic) bond motifs is 1. The molecule has 0 radical (unpaired) electrons. The van der Waals surface area contributed by atoms with Crippen LogP contribution in [0.3, 0.4) is 0 Å². The number of hydrogen-bond acceptors (Lipinski definition) is 5. The van der Waals surface area contributed by atoms with Crippen molar-refractivity contribution in [2.75, 3.05) is 10.6 Å². The molecule has 154 valence electrons. The van der Waals surface area contributed by atoms with Gasteiger partial charge < -0.3 is 9.73 Å². The number of furan rings is 1. The highest BCUT2D eigenvalue weighted by Gasteiger charge is 2.26. The fraction of sp³-hybridized carbons (Fsp3) is 0.0870. The van der Waals surface area contributed by atoms with Crippen LogP contribution in [0.4, 0.5) is 11.9 Å². The Bertz CT molecular complexity index is 1260. The number of nitrogens with zero attached hydrogens (tertiary/aromatic N) is 3. The highest BCUT2D eigenvalue weighted by Crippen LogP contribution is 2.33. The molecule has 2 aromatic heterocycles. The van der Waals surface area contributed by atoms with Crippen LogP contribution in [0, 0.1) is 6.92 Å². The van der Waals surface area contributed by atoms with Crippen LogP contribution in [0.25, 0.3) is 5.70 Å². The predicted octanol–water partition coefficient (Wildman–Crippen LogP) is 5.14. The molecule has 7 nitrogen and oxygen atoms in total. The maximum atomic E-state index is 12.4. The van der Waals surface area contributed by atoms with Crippen molar-refractivity contribution >= 4 is 35.1 Å². The summed E-state index contributed by atoms with van der Waals surface area (Å²) in [4.78, 5) is 16.8. The fourth-order valence-electron chi connectivity index (χ4n) is 3.42. The molecular formula is C23H18ClN5O2. The molecule has 31 heavy (non-hydrogen) atoms. The number of benzene rings is 2. The van der Waals surface area contributed by atoms with E-state index in [2.05, 4.69) is 51.1 Å². The summed E-state index contributed by atoms with van der Waals surface area (Å²) in [6, 6.07) is 18.8. The van der Waals surface area contributed by atoms with Gasteiger partial charge in [-0.25, -0.2) is 4.68 Å². The summed E-state index contributed by atoms with van der Waals surface area (Å²) in [5, 5.41) is 11.2. The van der Waals surface area contributed by atoms with Gasteiger partial charge in [-0.3, -0.25) is 10.1 Å². The number of hydrogen-bond donors (Lipinski definition) is 2. The van der Waals surface area contributed by atoms with Gasteiger partial charge in [-0.15, -0.1) is 5.10 Å². The van der Waals surface area contributed by atoms with E-state index in [-0.39, 0.29) is 17.8 Å². The largest absolute Gasteiger partial charge is 0.459 e. The van der Waals surface area contributed by atoms with Crippen LogP contribution in [-0.2, 0) is 0 Å². The summed E-state index contributed by atoms with van der Waals surface area (Å²) in [5.74, 6) is 0.487. The van der Waals surface area contributed by atoms with E-state index in [1.807, 2.05) is 31.2 Å². The number of nitrogens with one attached hydrogen (secondary N) is 2. The number of aromatic nitrogens is 3. The van der Waals surface area contributed by atoms with E-state index in [0.29, 0.717) is 11.0 Å². The molecule has 3 heterocycles. The zero-order chi connectivity index (χ0) is 21.4. The standard InChI is InChI=1S/C23H18ClN5O2/c1-14-4-6-16(7-5-14)19-13-18(15-8-10-17(24)11-9-15)25-23-27-22(28-29(19)23)26-21(30)20-3-2-12-31-20/h2-13,19H,1H3,(H2,25,26,27,28,30). The number of allylic oxidation sites excluding steroid dienone is 1. The lowest BCUT2D eigenvalue weighted by atomic mass is 10.0. The SMILES string of the molecule is Cc1ccc(C2C=C(c3ccc(Cl)cc3)Nc3nc(NC(=O)c4ccco4)nn32)cc1. The number of aryl methyl sites for hydroxylation is 1. The predicted molar refractivity (Wildman–Crippen MR) is 119 cm³/mol. The summed E-state index contributed by atoms with van der Waals surface area (Å²) >= 11 is 6.05. The van der Waals surface area contributed by atoms with Gasteiger partial charge in [-0.05, 0) is 48.4 Å². The van der Waals surface area contributed by atoms with E-state index in [1.54, 1.807) is 16.8 Å². The van der Waals surface area contributed by atoms with Crippen molar-refractivity contribution in [3.8, 4) is 0 Å². The molecule has 0 spiro atoms. The fourth-order valence-corrected chi connectivity index (χ4v) is 3.54. The Balaban J connectivity index is 1.53. The molecule has 0 saturated carbocycles. The molecule has 0 aliphatic carbocycles. The van der Waals surface area contributed by atoms with E-state index >= 15 is 0 Å². The molecule has 1 unspecified atom stereocenters. The van der Waals surface area contributed by atoms with Crippen molar-refractivity contribution in [2.45, 2.75) is 13.0 Å². The summed E-state index contributed by atoms with van der Waals surface area (Å²) in [6.07, 6.45) is 3.52. The minimum Gasteiger partial charge on any atom is -0.459 e. The van der Waals surface area contributed by atoms with Gasteiger partial charge in [0, 0.05) is 10.7 Å². The van der Waals surface area contributed by atoms with Crippen LogP contribution in [0.1, 0.15) is 33.3 Å². The monoisotopic (exact) mass is 431 g/mol. The van der Waals surface area contributed by atoms with Crippen molar-refractivity contribution in [3.05, 3.63) is 100 Å². The average Bonchev–Trinajstić information content (AvgIpc) is 3.44. The van der Waals surface area contributed by atoms with E-state index in [4.69, 9.17) is 16.0 Å². The molecule has 2 aromatic carbocycles. The Labute approximate surface area is 183 Å². The first-order chi connectivity index (χ1) is 15.1. The number of amides is 1. The van der Waals surface area contributed by atoms with E-state index < -0.39 is 5.91 Å². The zero-order valence-corrected chi connectivity index (χ0v) is 17.3. The highest BCUT2D eigenvalue weighted by atomic mass is 35.5. The van der Waals surface area contributed by atoms with Crippen LogP contribution >= 0.6 is 11.6 Å². The maximum Gasteiger partial charge on any atom is 0.293 e. The lowest BCUT2D eigenvalue weighted by Crippen LogP contribution is -2.20. The van der Waals surface area contributed by atoms with Crippen LogP contribution in [0.2, 0.25) is 5.02 Å². The Morgan fingerprint density at radius 3 is 2.61 bits per heavy atom. The quantitative estimate of drug-likeness (QED) is 0.467. The molecular weight excluding hydrogens is 414 g/mol. The Morgan fingerprint density at radius 2 is 1.90 bits per heavy atom. The van der Waals surface area contributed by atoms with Gasteiger partial charge in [-0.2, -0.15) is 4.98 Å². The van der Waals surface area contributed by atoms with Gasteiger partial charge >= 0.3 is 0 Å². The summed E-state index contributed by atoms with van der Waals surface area (Å²) in [5.41, 5.74) is 4.07. The number of carbonyl (C=O) groups is 1. The minimum atomic E-state index is -0.411. The van der Waals surface area contributed by atoms with Gasteiger partial charge in [0.2, 0.25) is 5.95 Å². The van der Waals surface area contributed by atoms with Crippen molar-refractivity contribution in [1.29, 1.82) is 0 Å². The molecule has 1 aliphatic rings. The molecule has 1 atom stereocenters. The Hall–Kier alpha value is -3.84. The van der Waals surface area contributed by atoms with Crippen molar-refractivity contribution < 1.29 is 9.21 Å². The maximum absolute atomic E-state index is 12.4. The van der Waals surface area contributed by atoms with Crippen LogP contribution in [0.15, 0.2) is 77.4 Å². The second-order valence-electron chi connectivity index (χ2n) is 7.20. The molecule has 1 amide bonds. The van der Waals surface area contributed by atoms with Crippen molar-refractivity contribution in [2.24, 2.45) is 0 Å². The van der Waals surface area contributed by atoms with Gasteiger partial charge in [-0.1, -0.05) is 53.6 Å². The van der Waals surface area contributed by atoms with E-state index in [9.17, 15) is 4.79 Å². The highest BCUT2D eigenvalue weighted by molar-refractivity contribution is 6.30. The summed E-state index contributed by atoms with van der Waals surface area (Å²) < 4.78 is 6.90. The first kappa shape index (κ1) is 19.1. The normalized spacial score (nSPS) is 15.0. The number of anilines is 2. The van der Waals surface area contributed by atoms with Crippen LogP contribution in [0.5, 0.6) is 0 Å². The van der Waals surface area contributed by atoms with Crippen LogP contribution < -0.4 is 10.6 Å².